The fourth-order valence-corrected chi connectivity index (χ4v) is 2.87. The number of thioether (sulfide) groups is 1. The van der Waals surface area contributed by atoms with Crippen LogP contribution < -0.4 is 5.32 Å². The van der Waals surface area contributed by atoms with Gasteiger partial charge in [-0.3, -0.25) is 4.68 Å². The summed E-state index contributed by atoms with van der Waals surface area (Å²) in [6.45, 7) is 0. The molecule has 5 heteroatoms. The number of hydrogen-bond acceptors (Lipinski definition) is 3. The third-order valence-electron chi connectivity index (χ3n) is 2.91. The fraction of sp³-hybridized carbons (Fsp3) is 0.357. The van der Waals surface area contributed by atoms with Gasteiger partial charge in [0, 0.05) is 36.4 Å². The lowest BCUT2D eigenvalue weighted by Crippen LogP contribution is -2.30. The quantitative estimate of drug-likeness (QED) is 0.824. The standard InChI is InChI=1S/C14H18FN3S/c1-16-12(9-11-7-8-18(2)17-11)10-19-14-6-4-3-5-13(14)15/h3-8,12,16H,9-10H2,1-2H3. The summed E-state index contributed by atoms with van der Waals surface area (Å²) in [4.78, 5) is 0.698. The Labute approximate surface area is 117 Å². The van der Waals surface area contributed by atoms with Gasteiger partial charge in [-0.2, -0.15) is 5.10 Å². The van der Waals surface area contributed by atoms with Crippen molar-refractivity contribution in [2.24, 2.45) is 7.05 Å². The minimum Gasteiger partial charge on any atom is -0.316 e. The van der Waals surface area contributed by atoms with Gasteiger partial charge in [0.2, 0.25) is 0 Å². The largest absolute Gasteiger partial charge is 0.316 e. The molecule has 0 saturated carbocycles. The molecule has 0 aliphatic rings. The maximum atomic E-state index is 13.5. The van der Waals surface area contributed by atoms with Crippen LogP contribution in [0, 0.1) is 5.82 Å². The average Bonchev–Trinajstić information content (AvgIpc) is 2.81. The number of halogens is 1. The third-order valence-corrected chi connectivity index (χ3v) is 4.12. The van der Waals surface area contributed by atoms with Crippen molar-refractivity contribution in [1.82, 2.24) is 15.1 Å². The molecule has 0 amide bonds. The Balaban J connectivity index is 1.91. The normalized spacial score (nSPS) is 12.6. The van der Waals surface area contributed by atoms with Crippen LogP contribution in [0.25, 0.3) is 0 Å². The molecule has 0 saturated heterocycles. The van der Waals surface area contributed by atoms with E-state index in [-0.39, 0.29) is 11.9 Å². The van der Waals surface area contributed by atoms with E-state index in [2.05, 4.69) is 10.4 Å². The molecule has 3 nitrogen and oxygen atoms in total. The number of nitrogens with zero attached hydrogens (tertiary/aromatic N) is 2. The minimum atomic E-state index is -0.153. The van der Waals surface area contributed by atoms with E-state index < -0.39 is 0 Å². The van der Waals surface area contributed by atoms with Crippen molar-refractivity contribution < 1.29 is 4.39 Å². The monoisotopic (exact) mass is 279 g/mol. The van der Waals surface area contributed by atoms with E-state index in [0.29, 0.717) is 4.90 Å². The number of aryl methyl sites for hydroxylation is 1. The first-order valence-electron chi connectivity index (χ1n) is 6.22. The van der Waals surface area contributed by atoms with Gasteiger partial charge >= 0.3 is 0 Å². The van der Waals surface area contributed by atoms with Gasteiger partial charge in [-0.1, -0.05) is 12.1 Å². The summed E-state index contributed by atoms with van der Waals surface area (Å²) in [5, 5.41) is 7.62. The Hall–Kier alpha value is -1.33. The highest BCUT2D eigenvalue weighted by atomic mass is 32.2. The summed E-state index contributed by atoms with van der Waals surface area (Å²) in [6.07, 6.45) is 2.78. The molecule has 19 heavy (non-hydrogen) atoms. The van der Waals surface area contributed by atoms with Crippen molar-refractivity contribution in [3.8, 4) is 0 Å². The molecular weight excluding hydrogens is 261 g/mol. The van der Waals surface area contributed by atoms with Gasteiger partial charge in [0.05, 0.1) is 5.69 Å². The molecule has 0 aliphatic heterocycles. The maximum absolute atomic E-state index is 13.5. The zero-order valence-corrected chi connectivity index (χ0v) is 12.0. The molecule has 1 atom stereocenters. The van der Waals surface area contributed by atoms with Gasteiger partial charge in [0.1, 0.15) is 5.82 Å². The van der Waals surface area contributed by atoms with E-state index >= 15 is 0 Å². The molecule has 1 N–H and O–H groups in total. The Morgan fingerprint density at radius 3 is 2.79 bits per heavy atom. The maximum Gasteiger partial charge on any atom is 0.136 e. The van der Waals surface area contributed by atoms with Crippen molar-refractivity contribution in [1.29, 1.82) is 0 Å². The predicted octanol–water partition coefficient (Wildman–Crippen LogP) is 2.48. The second-order valence-corrected chi connectivity index (χ2v) is 5.47. The van der Waals surface area contributed by atoms with Crippen molar-refractivity contribution >= 4 is 11.8 Å². The highest BCUT2D eigenvalue weighted by Crippen LogP contribution is 2.22. The number of benzene rings is 1. The SMILES string of the molecule is CNC(CSc1ccccc1F)Cc1ccn(C)n1. The lowest BCUT2D eigenvalue weighted by molar-refractivity contribution is 0.593. The molecule has 0 fully saturated rings. The molecular formula is C14H18FN3S. The number of hydrogen-bond donors (Lipinski definition) is 1. The first kappa shape index (κ1) is 14.1. The Kier molecular flexibility index (Phi) is 4.99. The molecule has 0 spiro atoms. The van der Waals surface area contributed by atoms with Gasteiger partial charge in [-0.15, -0.1) is 11.8 Å². The van der Waals surface area contributed by atoms with E-state index in [1.54, 1.807) is 10.7 Å². The van der Waals surface area contributed by atoms with Crippen LogP contribution in [0.3, 0.4) is 0 Å². The Morgan fingerprint density at radius 1 is 1.37 bits per heavy atom. The Morgan fingerprint density at radius 2 is 2.16 bits per heavy atom. The zero-order chi connectivity index (χ0) is 13.7. The number of likely N-dealkylation sites (N-methyl/N-ethyl adjacent to an activating group) is 1. The molecule has 1 unspecified atom stereocenters. The summed E-state index contributed by atoms with van der Waals surface area (Å²) in [5.74, 6) is 0.661. The first-order chi connectivity index (χ1) is 9.19. The summed E-state index contributed by atoms with van der Waals surface area (Å²) in [6, 6.07) is 9.17. The van der Waals surface area contributed by atoms with Crippen molar-refractivity contribution in [2.75, 3.05) is 12.8 Å². The minimum absolute atomic E-state index is 0.153. The number of rotatable bonds is 6. The molecule has 1 heterocycles. The summed E-state index contributed by atoms with van der Waals surface area (Å²) < 4.78 is 15.3. The van der Waals surface area contributed by atoms with E-state index in [4.69, 9.17) is 0 Å². The van der Waals surface area contributed by atoms with Gasteiger partial charge < -0.3 is 5.32 Å². The smallest absolute Gasteiger partial charge is 0.136 e. The third kappa shape index (κ3) is 4.08. The van der Waals surface area contributed by atoms with E-state index in [1.807, 2.05) is 38.5 Å². The molecule has 2 rings (SSSR count). The number of aromatic nitrogens is 2. The lowest BCUT2D eigenvalue weighted by atomic mass is 10.2. The van der Waals surface area contributed by atoms with Crippen LogP contribution in [0.4, 0.5) is 4.39 Å². The van der Waals surface area contributed by atoms with Crippen LogP contribution in [0.2, 0.25) is 0 Å². The van der Waals surface area contributed by atoms with E-state index in [1.165, 1.54) is 17.8 Å². The van der Waals surface area contributed by atoms with Gasteiger partial charge in [0.15, 0.2) is 0 Å². The molecule has 0 radical (unpaired) electrons. The molecule has 2 aromatic rings. The van der Waals surface area contributed by atoms with Crippen LogP contribution in [0.1, 0.15) is 5.69 Å². The van der Waals surface area contributed by atoms with Crippen molar-refractivity contribution in [3.05, 3.63) is 48.0 Å². The van der Waals surface area contributed by atoms with Crippen molar-refractivity contribution in [2.45, 2.75) is 17.4 Å². The summed E-state index contributed by atoms with van der Waals surface area (Å²) >= 11 is 1.53. The van der Waals surface area contributed by atoms with Gasteiger partial charge in [-0.25, -0.2) is 4.39 Å². The molecule has 102 valence electrons. The van der Waals surface area contributed by atoms with Crippen LogP contribution in [-0.4, -0.2) is 28.6 Å². The second-order valence-electron chi connectivity index (χ2n) is 4.41. The highest BCUT2D eigenvalue weighted by Gasteiger charge is 2.11. The molecule has 1 aromatic heterocycles. The van der Waals surface area contributed by atoms with Gasteiger partial charge in [0.25, 0.3) is 0 Å². The number of nitrogens with one attached hydrogen (secondary N) is 1. The predicted molar refractivity (Wildman–Crippen MR) is 76.9 cm³/mol. The summed E-state index contributed by atoms with van der Waals surface area (Å²) in [5.41, 5.74) is 1.05. The van der Waals surface area contributed by atoms with Crippen LogP contribution in [0.5, 0.6) is 0 Å². The molecule has 0 aliphatic carbocycles. The highest BCUT2D eigenvalue weighted by molar-refractivity contribution is 7.99. The zero-order valence-electron chi connectivity index (χ0n) is 11.1. The van der Waals surface area contributed by atoms with Crippen LogP contribution >= 0.6 is 11.8 Å². The fourth-order valence-electron chi connectivity index (χ4n) is 1.82. The van der Waals surface area contributed by atoms with E-state index in [9.17, 15) is 4.39 Å². The van der Waals surface area contributed by atoms with Crippen LogP contribution in [0.15, 0.2) is 41.4 Å². The molecule has 1 aromatic carbocycles. The Bertz CT molecular complexity index is 527. The molecule has 0 bridgehead atoms. The average molecular weight is 279 g/mol. The van der Waals surface area contributed by atoms with Gasteiger partial charge in [-0.05, 0) is 25.2 Å². The second kappa shape index (κ2) is 6.73. The first-order valence-corrected chi connectivity index (χ1v) is 7.20. The van der Waals surface area contributed by atoms with Crippen molar-refractivity contribution in [3.63, 3.8) is 0 Å². The topological polar surface area (TPSA) is 29.9 Å². The summed E-state index contributed by atoms with van der Waals surface area (Å²) in [7, 11) is 3.83. The van der Waals surface area contributed by atoms with E-state index in [0.717, 1.165) is 17.9 Å². The lowest BCUT2D eigenvalue weighted by Gasteiger charge is -2.14. The van der Waals surface area contributed by atoms with Crippen LogP contribution in [-0.2, 0) is 13.5 Å².